The van der Waals surface area contributed by atoms with Crippen molar-refractivity contribution in [1.82, 2.24) is 24.8 Å². The van der Waals surface area contributed by atoms with E-state index in [1.807, 2.05) is 6.92 Å². The number of rotatable bonds is 10. The Kier molecular flexibility index (Phi) is 12.0. The van der Waals surface area contributed by atoms with Gasteiger partial charge in [0.05, 0.1) is 31.1 Å². The number of anilines is 1. The number of hydrogen-bond acceptors (Lipinski definition) is 10. The van der Waals surface area contributed by atoms with Crippen LogP contribution in [0.4, 0.5) is 24.7 Å². The summed E-state index contributed by atoms with van der Waals surface area (Å²) in [4.78, 5) is 47.9. The maximum absolute atomic E-state index is 13.7. The van der Waals surface area contributed by atoms with E-state index in [9.17, 15) is 27.9 Å². The van der Waals surface area contributed by atoms with Crippen molar-refractivity contribution in [2.24, 2.45) is 0 Å². The Bertz CT molecular complexity index is 1600. The fraction of sp³-hybridized carbons (Fsp3) is 0.484. The van der Waals surface area contributed by atoms with Gasteiger partial charge in [-0.25, -0.2) is 19.8 Å². The van der Waals surface area contributed by atoms with Crippen LogP contribution in [0.25, 0.3) is 16.1 Å². The van der Waals surface area contributed by atoms with Crippen LogP contribution < -0.4 is 39.6 Å². The molecular weight excluding hydrogens is 630 g/mol. The molecule has 46 heavy (non-hydrogen) atoms. The van der Waals surface area contributed by atoms with Crippen molar-refractivity contribution in [2.75, 3.05) is 37.6 Å². The summed E-state index contributed by atoms with van der Waals surface area (Å²) in [5.74, 6) is -0.786. The number of ketones is 1. The van der Waals surface area contributed by atoms with Gasteiger partial charge in [0.1, 0.15) is 16.5 Å². The smallest absolute Gasteiger partial charge is 0.550 e. The van der Waals surface area contributed by atoms with Gasteiger partial charge in [-0.05, 0) is 63.4 Å². The van der Waals surface area contributed by atoms with Crippen LogP contribution in [0.1, 0.15) is 59.0 Å². The predicted molar refractivity (Wildman–Crippen MR) is 161 cm³/mol. The summed E-state index contributed by atoms with van der Waals surface area (Å²) in [6.07, 6.45) is 0.274. The zero-order chi connectivity index (χ0) is 32.3. The molecule has 15 heteroatoms. The van der Waals surface area contributed by atoms with Crippen molar-refractivity contribution in [3.63, 3.8) is 0 Å². The molecule has 238 valence electrons. The Labute approximate surface area is 291 Å². The van der Waals surface area contributed by atoms with Crippen molar-refractivity contribution in [3.8, 4) is 11.3 Å². The third-order valence-corrected chi connectivity index (χ3v) is 9.34. The van der Waals surface area contributed by atoms with Gasteiger partial charge >= 0.3 is 35.7 Å². The second-order valence-electron chi connectivity index (χ2n) is 11.5. The van der Waals surface area contributed by atoms with Gasteiger partial charge in [0.15, 0.2) is 11.5 Å². The van der Waals surface area contributed by atoms with E-state index in [1.54, 1.807) is 6.20 Å². The van der Waals surface area contributed by atoms with Gasteiger partial charge in [0.25, 0.3) is 0 Å². The number of carbonyl (C=O) groups excluding carboxylic acids is 2. The first kappa shape index (κ1) is 35.9. The number of benzene rings is 1. The Morgan fingerprint density at radius 1 is 1.11 bits per heavy atom. The van der Waals surface area contributed by atoms with E-state index in [0.29, 0.717) is 55.3 Å². The first-order valence-electron chi connectivity index (χ1n) is 14.8. The number of thiazole rings is 1. The predicted octanol–water partition coefficient (Wildman–Crippen LogP) is 1.23. The van der Waals surface area contributed by atoms with Crippen LogP contribution in [0.2, 0.25) is 0 Å². The van der Waals surface area contributed by atoms with Crippen LogP contribution in [-0.4, -0.2) is 81.3 Å². The van der Waals surface area contributed by atoms with Crippen molar-refractivity contribution >= 4 is 34.6 Å². The van der Waals surface area contributed by atoms with Crippen molar-refractivity contribution in [1.29, 1.82) is 0 Å². The van der Waals surface area contributed by atoms with E-state index in [4.69, 9.17) is 6.57 Å². The maximum Gasteiger partial charge on any atom is 1.00 e. The summed E-state index contributed by atoms with van der Waals surface area (Å²) < 4.78 is 41.0. The number of alkyl halides is 3. The molecule has 0 bridgehead atoms. The molecule has 0 amide bonds. The van der Waals surface area contributed by atoms with Crippen LogP contribution in [0.5, 0.6) is 0 Å². The van der Waals surface area contributed by atoms with E-state index in [1.165, 1.54) is 23.6 Å². The Morgan fingerprint density at radius 2 is 1.89 bits per heavy atom. The standard InChI is InChI=1S/C31H34F3N7O3S.Na/c1-19-5-4-7-40(19)18-26-30(21-11-22(31(32,33)34)13-23(12-21)35-3)38-28(45-26)14-25(42)24-15-37-27(16-36-24)41-10-9-39(17-20(41)2)8-6-29(43)44;/h11-13,15-16,19-20H,4-10,14,17-18H2,1-2H3,(H,43,44);/q;+1/p-1/t19-,20-;/m1./s1. The number of carboxylic acids is 1. The van der Waals surface area contributed by atoms with Crippen LogP contribution in [0.15, 0.2) is 30.6 Å². The molecule has 0 radical (unpaired) electrons. The minimum Gasteiger partial charge on any atom is -0.550 e. The molecule has 0 spiro atoms. The van der Waals surface area contributed by atoms with Gasteiger partial charge in [0, 0.05) is 61.2 Å². The first-order chi connectivity index (χ1) is 21.4. The van der Waals surface area contributed by atoms with Crippen molar-refractivity contribution < 1.29 is 57.4 Å². The van der Waals surface area contributed by atoms with Crippen LogP contribution in [0, 0.1) is 6.57 Å². The van der Waals surface area contributed by atoms with Crippen LogP contribution in [-0.2, 0) is 23.9 Å². The zero-order valence-corrected chi connectivity index (χ0v) is 28.8. The minimum atomic E-state index is -4.62. The third-order valence-electron chi connectivity index (χ3n) is 8.30. The van der Waals surface area contributed by atoms with Crippen LogP contribution >= 0.6 is 11.3 Å². The van der Waals surface area contributed by atoms with E-state index in [2.05, 4.69) is 41.4 Å². The van der Waals surface area contributed by atoms with E-state index < -0.39 is 17.7 Å². The number of nitrogens with zero attached hydrogens (tertiary/aromatic N) is 7. The largest absolute Gasteiger partial charge is 1.00 e. The number of aliphatic carboxylic acids is 1. The van der Waals surface area contributed by atoms with Gasteiger partial charge in [-0.2, -0.15) is 13.2 Å². The molecule has 0 unspecified atom stereocenters. The summed E-state index contributed by atoms with van der Waals surface area (Å²) in [7, 11) is 0. The Morgan fingerprint density at radius 3 is 2.50 bits per heavy atom. The molecule has 2 fully saturated rings. The number of aromatic nitrogens is 3. The molecule has 3 aromatic rings. The molecule has 0 aliphatic carbocycles. The number of Topliss-reactive ketones (excluding diaryl/α,β-unsaturated/α-hetero) is 1. The number of halogens is 3. The molecule has 2 saturated heterocycles. The SMILES string of the molecule is [C-]#[N+]c1cc(-c2nc(CC(=O)c3cnc(N4CCN(CCC(=O)[O-])C[C@H]4C)cn3)sc2CN2CCC[C@H]2C)cc(C(F)(F)F)c1.[Na+]. The Balaban J connectivity index is 0.00000480. The molecule has 1 aromatic carbocycles. The molecule has 0 saturated carbocycles. The van der Waals surface area contributed by atoms with Crippen molar-refractivity contribution in [3.05, 3.63) is 63.2 Å². The van der Waals surface area contributed by atoms with E-state index >= 15 is 0 Å². The van der Waals surface area contributed by atoms with Gasteiger partial charge in [-0.1, -0.05) is 0 Å². The molecule has 4 heterocycles. The minimum absolute atomic E-state index is 0. The maximum atomic E-state index is 13.7. The summed E-state index contributed by atoms with van der Waals surface area (Å²) in [5, 5.41) is 11.2. The molecule has 2 atom stereocenters. The number of carboxylic acid groups (broad SMARTS) is 1. The quantitative estimate of drug-likeness (QED) is 0.180. The summed E-state index contributed by atoms with van der Waals surface area (Å²) in [6.45, 7) is 15.2. The number of likely N-dealkylation sites (tertiary alicyclic amines) is 1. The monoisotopic (exact) mass is 663 g/mol. The summed E-state index contributed by atoms with van der Waals surface area (Å²) in [5.41, 5.74) is -0.340. The normalized spacial score (nSPS) is 19.1. The van der Waals surface area contributed by atoms with Gasteiger partial charge < -0.3 is 14.8 Å². The second-order valence-corrected chi connectivity index (χ2v) is 12.7. The third kappa shape index (κ3) is 8.70. The number of piperazine rings is 1. The molecule has 2 aliphatic heterocycles. The van der Waals surface area contributed by atoms with E-state index in [0.717, 1.165) is 36.4 Å². The van der Waals surface area contributed by atoms with Gasteiger partial charge in [0.2, 0.25) is 0 Å². The molecule has 10 nitrogen and oxygen atoms in total. The number of carbonyl (C=O) groups is 2. The molecule has 0 N–H and O–H groups in total. The molecule has 2 aliphatic rings. The average molecular weight is 664 g/mol. The van der Waals surface area contributed by atoms with Crippen LogP contribution in [0.3, 0.4) is 0 Å². The number of hydrogen-bond donors (Lipinski definition) is 0. The van der Waals surface area contributed by atoms with Gasteiger partial charge in [-0.3, -0.25) is 14.6 Å². The molecule has 5 rings (SSSR count). The summed E-state index contributed by atoms with van der Waals surface area (Å²) >= 11 is 1.29. The summed E-state index contributed by atoms with van der Waals surface area (Å²) in [6, 6.07) is 3.62. The first-order valence-corrected chi connectivity index (χ1v) is 15.6. The zero-order valence-electron chi connectivity index (χ0n) is 26.0. The fourth-order valence-corrected chi connectivity index (χ4v) is 6.98. The fourth-order valence-electron chi connectivity index (χ4n) is 5.86. The Hall–Kier alpha value is -2.93. The van der Waals surface area contributed by atoms with Gasteiger partial charge in [-0.15, -0.1) is 11.3 Å². The topological polar surface area (TPSA) is 110 Å². The van der Waals surface area contributed by atoms with Crippen molar-refractivity contribution in [2.45, 2.75) is 64.3 Å². The molecular formula is C31H33F3N7NaO3S. The second kappa shape index (κ2) is 15.3. The molecule has 2 aromatic heterocycles. The van der Waals surface area contributed by atoms with E-state index in [-0.39, 0.29) is 71.2 Å². The average Bonchev–Trinajstić information content (AvgIpc) is 3.60.